The topological polar surface area (TPSA) is 40.7 Å². The van der Waals surface area contributed by atoms with Gasteiger partial charge in [-0.15, -0.1) is 0 Å². The molecule has 0 saturated heterocycles. The Bertz CT molecular complexity index is 692. The molecule has 0 spiro atoms. The lowest BCUT2D eigenvalue weighted by Gasteiger charge is -2.28. The summed E-state index contributed by atoms with van der Waals surface area (Å²) < 4.78 is 0. The highest BCUT2D eigenvalue weighted by Crippen LogP contribution is 2.58. The van der Waals surface area contributed by atoms with Gasteiger partial charge in [0.2, 0.25) is 0 Å². The molecule has 4 rings (SSSR count). The van der Waals surface area contributed by atoms with Gasteiger partial charge in [0.05, 0.1) is 0 Å². The average Bonchev–Trinajstić information content (AvgIpc) is 3.19. The number of benzene rings is 2. The SMILES string of the molecule is c1ccc(C(c2ccccc2)C2(CNc3ncc[nH]3)CC2)cc1. The molecule has 0 amide bonds. The minimum atomic E-state index is 0.273. The maximum absolute atomic E-state index is 4.29. The molecule has 1 fully saturated rings. The van der Waals surface area contributed by atoms with Gasteiger partial charge in [-0.05, 0) is 29.4 Å². The Balaban J connectivity index is 1.65. The Morgan fingerprint density at radius 3 is 2.04 bits per heavy atom. The third kappa shape index (κ3) is 2.87. The summed E-state index contributed by atoms with van der Waals surface area (Å²) >= 11 is 0. The first-order valence-electron chi connectivity index (χ1n) is 8.21. The van der Waals surface area contributed by atoms with Crippen LogP contribution in [0.2, 0.25) is 0 Å². The van der Waals surface area contributed by atoms with Crippen molar-refractivity contribution >= 4 is 5.95 Å². The zero-order valence-electron chi connectivity index (χ0n) is 13.1. The van der Waals surface area contributed by atoms with Crippen molar-refractivity contribution in [1.82, 2.24) is 9.97 Å². The van der Waals surface area contributed by atoms with Gasteiger partial charge in [-0.2, -0.15) is 0 Å². The molecular weight excluding hydrogens is 282 g/mol. The molecule has 0 atom stereocenters. The highest BCUT2D eigenvalue weighted by Gasteiger charge is 2.50. The molecule has 0 unspecified atom stereocenters. The van der Waals surface area contributed by atoms with E-state index < -0.39 is 0 Å². The second-order valence-corrected chi connectivity index (χ2v) is 6.41. The third-order valence-electron chi connectivity index (χ3n) is 4.88. The van der Waals surface area contributed by atoms with Crippen LogP contribution < -0.4 is 5.32 Å². The second-order valence-electron chi connectivity index (χ2n) is 6.41. The predicted octanol–water partition coefficient (Wildman–Crippen LogP) is 4.43. The normalized spacial score (nSPS) is 15.5. The van der Waals surface area contributed by atoms with Crippen LogP contribution in [0.3, 0.4) is 0 Å². The molecule has 3 heteroatoms. The summed E-state index contributed by atoms with van der Waals surface area (Å²) in [4.78, 5) is 7.42. The number of hydrogen-bond donors (Lipinski definition) is 2. The molecule has 2 N–H and O–H groups in total. The number of aromatic amines is 1. The largest absolute Gasteiger partial charge is 0.355 e. The molecule has 23 heavy (non-hydrogen) atoms. The summed E-state index contributed by atoms with van der Waals surface area (Å²) in [6, 6.07) is 21.8. The Morgan fingerprint density at radius 1 is 0.957 bits per heavy atom. The van der Waals surface area contributed by atoms with Crippen LogP contribution in [0.15, 0.2) is 73.1 Å². The van der Waals surface area contributed by atoms with E-state index in [1.165, 1.54) is 24.0 Å². The van der Waals surface area contributed by atoms with Gasteiger partial charge in [-0.3, -0.25) is 0 Å². The first-order chi connectivity index (χ1) is 11.4. The highest BCUT2D eigenvalue weighted by atomic mass is 15.1. The van der Waals surface area contributed by atoms with Gasteiger partial charge >= 0.3 is 0 Å². The van der Waals surface area contributed by atoms with Crippen LogP contribution in [0.5, 0.6) is 0 Å². The van der Waals surface area contributed by atoms with E-state index in [4.69, 9.17) is 0 Å². The molecule has 1 aromatic heterocycles. The summed E-state index contributed by atoms with van der Waals surface area (Å²) in [5, 5.41) is 3.48. The van der Waals surface area contributed by atoms with E-state index in [1.807, 2.05) is 6.20 Å². The summed E-state index contributed by atoms with van der Waals surface area (Å²) in [6.07, 6.45) is 6.13. The number of anilines is 1. The van der Waals surface area contributed by atoms with Crippen LogP contribution in [0.25, 0.3) is 0 Å². The lowest BCUT2D eigenvalue weighted by Crippen LogP contribution is -2.24. The number of H-pyrrole nitrogens is 1. The first-order valence-corrected chi connectivity index (χ1v) is 8.21. The molecule has 0 aliphatic heterocycles. The van der Waals surface area contributed by atoms with Crippen LogP contribution in [0.4, 0.5) is 5.95 Å². The van der Waals surface area contributed by atoms with E-state index >= 15 is 0 Å². The van der Waals surface area contributed by atoms with Crippen LogP contribution in [0, 0.1) is 5.41 Å². The maximum atomic E-state index is 4.29. The van der Waals surface area contributed by atoms with E-state index in [9.17, 15) is 0 Å². The zero-order valence-corrected chi connectivity index (χ0v) is 13.1. The summed E-state index contributed by atoms with van der Waals surface area (Å²) in [6.45, 7) is 0.939. The minimum absolute atomic E-state index is 0.273. The lowest BCUT2D eigenvalue weighted by molar-refractivity contribution is 0.470. The Kier molecular flexibility index (Phi) is 3.62. The maximum Gasteiger partial charge on any atom is 0.200 e. The van der Waals surface area contributed by atoms with Gasteiger partial charge in [0.25, 0.3) is 0 Å². The summed E-state index contributed by atoms with van der Waals surface area (Å²) in [5.74, 6) is 1.28. The Morgan fingerprint density at radius 2 is 1.57 bits per heavy atom. The lowest BCUT2D eigenvalue weighted by atomic mass is 9.78. The molecule has 2 aromatic carbocycles. The Hall–Kier alpha value is -2.55. The fraction of sp³-hybridized carbons (Fsp3) is 0.250. The molecule has 0 radical (unpaired) electrons. The van der Waals surface area contributed by atoms with Crippen molar-refractivity contribution in [2.24, 2.45) is 5.41 Å². The average molecular weight is 303 g/mol. The van der Waals surface area contributed by atoms with Gasteiger partial charge in [-0.1, -0.05) is 60.7 Å². The number of nitrogens with one attached hydrogen (secondary N) is 2. The quantitative estimate of drug-likeness (QED) is 0.707. The fourth-order valence-electron chi connectivity index (χ4n) is 3.54. The Labute approximate surface area is 136 Å². The third-order valence-corrected chi connectivity index (χ3v) is 4.88. The molecule has 116 valence electrons. The molecule has 1 heterocycles. The van der Waals surface area contributed by atoms with Crippen molar-refractivity contribution < 1.29 is 0 Å². The molecule has 0 bridgehead atoms. The smallest absolute Gasteiger partial charge is 0.200 e. The molecule has 1 aliphatic carbocycles. The molecule has 1 aliphatic rings. The first kappa shape index (κ1) is 14.1. The molecule has 3 nitrogen and oxygen atoms in total. The van der Waals surface area contributed by atoms with Crippen LogP contribution in [-0.2, 0) is 0 Å². The van der Waals surface area contributed by atoms with Crippen molar-refractivity contribution in [2.75, 3.05) is 11.9 Å². The number of nitrogens with zero attached hydrogens (tertiary/aromatic N) is 1. The molecular formula is C20H21N3. The van der Waals surface area contributed by atoms with Crippen LogP contribution in [0.1, 0.15) is 29.9 Å². The molecule has 3 aromatic rings. The van der Waals surface area contributed by atoms with Gasteiger partial charge in [-0.25, -0.2) is 4.98 Å². The van der Waals surface area contributed by atoms with Gasteiger partial charge < -0.3 is 10.3 Å². The van der Waals surface area contributed by atoms with Crippen LogP contribution >= 0.6 is 0 Å². The predicted molar refractivity (Wildman–Crippen MR) is 93.5 cm³/mol. The van der Waals surface area contributed by atoms with Crippen LogP contribution in [-0.4, -0.2) is 16.5 Å². The van der Waals surface area contributed by atoms with E-state index in [2.05, 4.69) is 75.9 Å². The monoisotopic (exact) mass is 303 g/mol. The minimum Gasteiger partial charge on any atom is -0.355 e. The van der Waals surface area contributed by atoms with Crippen molar-refractivity contribution in [3.8, 4) is 0 Å². The van der Waals surface area contributed by atoms with E-state index in [1.54, 1.807) is 6.20 Å². The summed E-state index contributed by atoms with van der Waals surface area (Å²) in [5.41, 5.74) is 3.07. The highest BCUT2D eigenvalue weighted by molar-refractivity contribution is 5.39. The van der Waals surface area contributed by atoms with Crippen molar-refractivity contribution in [3.63, 3.8) is 0 Å². The number of aromatic nitrogens is 2. The van der Waals surface area contributed by atoms with E-state index in [-0.39, 0.29) is 5.41 Å². The van der Waals surface area contributed by atoms with Gasteiger partial charge in [0.1, 0.15) is 0 Å². The van der Waals surface area contributed by atoms with Crippen molar-refractivity contribution in [3.05, 3.63) is 84.2 Å². The van der Waals surface area contributed by atoms with E-state index in [0.717, 1.165) is 12.5 Å². The van der Waals surface area contributed by atoms with Gasteiger partial charge in [0.15, 0.2) is 5.95 Å². The number of imidazole rings is 1. The van der Waals surface area contributed by atoms with E-state index in [0.29, 0.717) is 5.92 Å². The summed E-state index contributed by atoms with van der Waals surface area (Å²) in [7, 11) is 0. The van der Waals surface area contributed by atoms with Gasteiger partial charge in [0, 0.05) is 24.9 Å². The van der Waals surface area contributed by atoms with Crippen molar-refractivity contribution in [1.29, 1.82) is 0 Å². The second kappa shape index (κ2) is 5.92. The standard InChI is InChI=1S/C20H21N3/c1-3-7-16(8-4-1)18(17-9-5-2-6-10-17)20(11-12-20)15-23-19-21-13-14-22-19/h1-10,13-14,18H,11-12,15H2,(H2,21,22,23). The molecule has 1 saturated carbocycles. The number of rotatable bonds is 6. The zero-order chi connectivity index (χ0) is 15.5. The number of hydrogen-bond acceptors (Lipinski definition) is 2. The fourth-order valence-corrected chi connectivity index (χ4v) is 3.54. The van der Waals surface area contributed by atoms with Crippen molar-refractivity contribution in [2.45, 2.75) is 18.8 Å².